The van der Waals surface area contributed by atoms with Crippen LogP contribution in [0.5, 0.6) is 5.75 Å². The van der Waals surface area contributed by atoms with Gasteiger partial charge < -0.3 is 4.74 Å². The van der Waals surface area contributed by atoms with E-state index in [2.05, 4.69) is 15.3 Å². The average Bonchev–Trinajstić information content (AvgIpc) is 3.13. The summed E-state index contributed by atoms with van der Waals surface area (Å²) in [7, 11) is 0. The monoisotopic (exact) mass is 347 g/mol. The van der Waals surface area contributed by atoms with E-state index in [-0.39, 0.29) is 11.1 Å². The van der Waals surface area contributed by atoms with Gasteiger partial charge in [0.15, 0.2) is 11.2 Å². The molecule has 0 aliphatic rings. The van der Waals surface area contributed by atoms with Gasteiger partial charge >= 0.3 is 0 Å². The molecular formula is C19H17N5O2. The fraction of sp³-hybridized carbons (Fsp3) is 0.158. The van der Waals surface area contributed by atoms with E-state index in [4.69, 9.17) is 4.74 Å². The van der Waals surface area contributed by atoms with Gasteiger partial charge in [0.2, 0.25) is 0 Å². The van der Waals surface area contributed by atoms with Crippen LogP contribution in [0, 0.1) is 0 Å². The lowest BCUT2D eigenvalue weighted by Gasteiger charge is -2.07. The zero-order valence-electron chi connectivity index (χ0n) is 14.0. The van der Waals surface area contributed by atoms with Gasteiger partial charge in [-0.05, 0) is 30.7 Å². The number of nitrogens with zero attached hydrogens (tertiary/aromatic N) is 5. The summed E-state index contributed by atoms with van der Waals surface area (Å²) in [5.41, 5.74) is 1.34. The molecule has 0 aliphatic heterocycles. The highest BCUT2D eigenvalue weighted by Gasteiger charge is 2.12. The van der Waals surface area contributed by atoms with E-state index in [0.717, 1.165) is 11.4 Å². The summed E-state index contributed by atoms with van der Waals surface area (Å²) in [4.78, 5) is 17.0. The van der Waals surface area contributed by atoms with Crippen molar-refractivity contribution in [2.24, 2.45) is 0 Å². The summed E-state index contributed by atoms with van der Waals surface area (Å²) < 4.78 is 8.76. The van der Waals surface area contributed by atoms with Gasteiger partial charge in [-0.3, -0.25) is 9.36 Å². The highest BCUT2D eigenvalue weighted by atomic mass is 16.5. The normalized spacial score (nSPS) is 10.9. The fourth-order valence-corrected chi connectivity index (χ4v) is 2.69. The Kier molecular flexibility index (Phi) is 4.42. The number of hydrogen-bond donors (Lipinski definition) is 0. The predicted octanol–water partition coefficient (Wildman–Crippen LogP) is 2.45. The van der Waals surface area contributed by atoms with Crippen molar-refractivity contribution < 1.29 is 4.74 Å². The molecule has 2 aromatic carbocycles. The number of fused-ring (bicyclic) bond motifs is 1. The zero-order chi connectivity index (χ0) is 17.8. The largest absolute Gasteiger partial charge is 0.494 e. The van der Waals surface area contributed by atoms with Crippen LogP contribution >= 0.6 is 0 Å². The molecule has 0 spiro atoms. The number of ether oxygens (including phenoxy) is 1. The maximum atomic E-state index is 12.6. The Bertz CT molecular complexity index is 1060. The summed E-state index contributed by atoms with van der Waals surface area (Å²) in [5, 5.41) is 8.09. The molecule has 4 aromatic rings. The molecule has 2 heterocycles. The van der Waals surface area contributed by atoms with Crippen LogP contribution in [-0.4, -0.2) is 31.2 Å². The maximum absolute atomic E-state index is 12.6. The van der Waals surface area contributed by atoms with E-state index in [1.165, 1.54) is 6.33 Å². The van der Waals surface area contributed by atoms with E-state index in [1.54, 1.807) is 9.25 Å². The fourth-order valence-electron chi connectivity index (χ4n) is 2.69. The molecule has 0 saturated carbocycles. The van der Waals surface area contributed by atoms with Crippen molar-refractivity contribution in [3.63, 3.8) is 0 Å². The topological polar surface area (TPSA) is 74.8 Å². The number of benzene rings is 2. The Labute approximate surface area is 149 Å². The second kappa shape index (κ2) is 7.18. The quantitative estimate of drug-likeness (QED) is 0.501. The second-order valence-electron chi connectivity index (χ2n) is 5.77. The van der Waals surface area contributed by atoms with Crippen molar-refractivity contribution in [2.75, 3.05) is 6.61 Å². The van der Waals surface area contributed by atoms with E-state index in [9.17, 15) is 4.79 Å². The Hall–Kier alpha value is -3.48. The van der Waals surface area contributed by atoms with Gasteiger partial charge in [0.1, 0.15) is 12.1 Å². The highest BCUT2D eigenvalue weighted by Crippen LogP contribution is 2.11. The van der Waals surface area contributed by atoms with Crippen molar-refractivity contribution in [2.45, 2.75) is 13.0 Å². The summed E-state index contributed by atoms with van der Waals surface area (Å²) in [5.74, 6) is 0.819. The standard InChI is InChI=1S/C19H17N5O2/c25-19-17-18(24(22-21-17)15-8-3-1-4-9-15)20-14-23(19)12-7-13-26-16-10-5-2-6-11-16/h1-6,8-11,14H,7,12-13H2. The van der Waals surface area contributed by atoms with Crippen LogP contribution in [0.4, 0.5) is 0 Å². The first kappa shape index (κ1) is 16.0. The lowest BCUT2D eigenvalue weighted by molar-refractivity contribution is 0.301. The molecule has 7 heteroatoms. The summed E-state index contributed by atoms with van der Waals surface area (Å²) in [6.07, 6.45) is 2.23. The van der Waals surface area contributed by atoms with Crippen LogP contribution in [-0.2, 0) is 6.54 Å². The van der Waals surface area contributed by atoms with Gasteiger partial charge in [-0.25, -0.2) is 4.98 Å². The van der Waals surface area contributed by atoms with Gasteiger partial charge in [0.25, 0.3) is 5.56 Å². The molecule has 0 bridgehead atoms. The Morgan fingerprint density at radius 1 is 0.962 bits per heavy atom. The van der Waals surface area contributed by atoms with Crippen LogP contribution in [0.3, 0.4) is 0 Å². The van der Waals surface area contributed by atoms with Gasteiger partial charge in [-0.1, -0.05) is 41.6 Å². The highest BCUT2D eigenvalue weighted by molar-refractivity contribution is 5.70. The maximum Gasteiger partial charge on any atom is 0.283 e. The number of hydrogen-bond acceptors (Lipinski definition) is 5. The minimum Gasteiger partial charge on any atom is -0.494 e. The van der Waals surface area contributed by atoms with Crippen LogP contribution in [0.15, 0.2) is 71.8 Å². The van der Waals surface area contributed by atoms with Crippen molar-refractivity contribution in [1.82, 2.24) is 24.5 Å². The third-order valence-corrected chi connectivity index (χ3v) is 3.99. The van der Waals surface area contributed by atoms with Crippen molar-refractivity contribution in [1.29, 1.82) is 0 Å². The molecular weight excluding hydrogens is 330 g/mol. The number of rotatable bonds is 6. The first-order valence-electron chi connectivity index (χ1n) is 8.37. The first-order valence-corrected chi connectivity index (χ1v) is 8.37. The Morgan fingerprint density at radius 2 is 1.69 bits per heavy atom. The molecule has 0 saturated heterocycles. The molecule has 0 N–H and O–H groups in total. The van der Waals surface area contributed by atoms with Crippen LogP contribution in [0.1, 0.15) is 6.42 Å². The molecule has 2 aromatic heterocycles. The Morgan fingerprint density at radius 3 is 2.46 bits per heavy atom. The minimum atomic E-state index is -0.197. The van der Waals surface area contributed by atoms with E-state index >= 15 is 0 Å². The smallest absolute Gasteiger partial charge is 0.283 e. The van der Waals surface area contributed by atoms with Crippen LogP contribution in [0.2, 0.25) is 0 Å². The molecule has 26 heavy (non-hydrogen) atoms. The van der Waals surface area contributed by atoms with E-state index in [1.807, 2.05) is 60.7 Å². The lowest BCUT2D eigenvalue weighted by Crippen LogP contribution is -2.22. The van der Waals surface area contributed by atoms with Gasteiger partial charge in [-0.2, -0.15) is 4.68 Å². The number of aromatic nitrogens is 5. The molecule has 7 nitrogen and oxygen atoms in total. The molecule has 130 valence electrons. The molecule has 0 fully saturated rings. The molecule has 0 unspecified atom stereocenters. The van der Waals surface area contributed by atoms with Gasteiger partial charge in [-0.15, -0.1) is 5.10 Å². The van der Waals surface area contributed by atoms with Crippen molar-refractivity contribution in [3.8, 4) is 11.4 Å². The van der Waals surface area contributed by atoms with Crippen molar-refractivity contribution in [3.05, 3.63) is 77.3 Å². The molecule has 0 amide bonds. The van der Waals surface area contributed by atoms with Crippen LogP contribution in [0.25, 0.3) is 16.9 Å². The molecule has 0 atom stereocenters. The first-order chi connectivity index (χ1) is 12.8. The average molecular weight is 347 g/mol. The molecule has 0 aliphatic carbocycles. The molecule has 0 radical (unpaired) electrons. The summed E-state index contributed by atoms with van der Waals surface area (Å²) in [6.45, 7) is 1.03. The number of para-hydroxylation sites is 2. The van der Waals surface area contributed by atoms with Crippen LogP contribution < -0.4 is 10.3 Å². The zero-order valence-corrected chi connectivity index (χ0v) is 14.0. The number of aryl methyl sites for hydroxylation is 1. The Balaban J connectivity index is 1.49. The van der Waals surface area contributed by atoms with Gasteiger partial charge in [0, 0.05) is 6.54 Å². The lowest BCUT2D eigenvalue weighted by atomic mass is 10.3. The minimum absolute atomic E-state index is 0.197. The van der Waals surface area contributed by atoms with Crippen molar-refractivity contribution >= 4 is 11.2 Å². The second-order valence-corrected chi connectivity index (χ2v) is 5.77. The van der Waals surface area contributed by atoms with E-state index in [0.29, 0.717) is 25.2 Å². The van der Waals surface area contributed by atoms with E-state index < -0.39 is 0 Å². The summed E-state index contributed by atoms with van der Waals surface area (Å²) in [6, 6.07) is 19.1. The SMILES string of the molecule is O=c1c2nnn(-c3ccccc3)c2ncn1CCCOc1ccccc1. The van der Waals surface area contributed by atoms with Gasteiger partial charge in [0.05, 0.1) is 12.3 Å². The third-order valence-electron chi connectivity index (χ3n) is 3.99. The predicted molar refractivity (Wildman–Crippen MR) is 97.5 cm³/mol. The molecule has 4 rings (SSSR count). The third kappa shape index (κ3) is 3.19. The summed E-state index contributed by atoms with van der Waals surface area (Å²) >= 11 is 0.